The zero-order chi connectivity index (χ0) is 14.4. The zero-order valence-corrected chi connectivity index (χ0v) is 12.5. The van der Waals surface area contributed by atoms with Crippen molar-refractivity contribution >= 4 is 29.5 Å². The molecule has 2 aliphatic rings. The molecule has 0 radical (unpaired) electrons. The molecule has 2 aliphatic heterocycles. The first-order valence-electron chi connectivity index (χ1n) is 7.29. The first kappa shape index (κ1) is 13.2. The molecule has 21 heavy (non-hydrogen) atoms. The fourth-order valence-corrected chi connectivity index (χ4v) is 3.72. The molecule has 3 unspecified atom stereocenters. The fourth-order valence-electron chi connectivity index (χ4n) is 3.48. The van der Waals surface area contributed by atoms with E-state index in [2.05, 4.69) is 27.8 Å². The number of nitrogens with one attached hydrogen (secondary N) is 1. The maximum atomic E-state index is 12.4. The lowest BCUT2D eigenvalue weighted by Crippen LogP contribution is -2.47. The second kappa shape index (κ2) is 5.03. The molecule has 2 bridgehead atoms. The molecule has 2 saturated heterocycles. The molecule has 4 heterocycles. The van der Waals surface area contributed by atoms with Crippen molar-refractivity contribution < 1.29 is 9.21 Å². The van der Waals surface area contributed by atoms with Gasteiger partial charge in [0, 0.05) is 24.5 Å². The SMILES string of the molecule is O=C(NC1CC2CCN(C2)C1)c1cc2cc(S)oc2cn1. The Balaban J connectivity index is 1.50. The minimum absolute atomic E-state index is 0.105. The van der Waals surface area contributed by atoms with Crippen molar-refractivity contribution in [3.8, 4) is 0 Å². The smallest absolute Gasteiger partial charge is 0.270 e. The van der Waals surface area contributed by atoms with Crippen LogP contribution in [0, 0.1) is 5.92 Å². The first-order valence-corrected chi connectivity index (χ1v) is 7.74. The van der Waals surface area contributed by atoms with Gasteiger partial charge in [-0.05, 0) is 37.4 Å². The van der Waals surface area contributed by atoms with Crippen LogP contribution in [0.25, 0.3) is 11.0 Å². The summed E-state index contributed by atoms with van der Waals surface area (Å²) in [6.07, 6.45) is 3.92. The molecule has 6 heteroatoms. The highest BCUT2D eigenvalue weighted by Crippen LogP contribution is 2.27. The quantitative estimate of drug-likeness (QED) is 0.833. The average molecular weight is 303 g/mol. The van der Waals surface area contributed by atoms with Gasteiger partial charge in [0.1, 0.15) is 5.69 Å². The highest BCUT2D eigenvalue weighted by molar-refractivity contribution is 7.80. The third kappa shape index (κ3) is 2.53. The van der Waals surface area contributed by atoms with E-state index in [0.29, 0.717) is 16.4 Å². The van der Waals surface area contributed by atoms with E-state index in [-0.39, 0.29) is 11.9 Å². The van der Waals surface area contributed by atoms with Crippen molar-refractivity contribution in [1.29, 1.82) is 0 Å². The largest absolute Gasteiger partial charge is 0.449 e. The number of aromatic nitrogens is 1. The van der Waals surface area contributed by atoms with Gasteiger partial charge in [0.25, 0.3) is 5.91 Å². The van der Waals surface area contributed by atoms with E-state index in [4.69, 9.17) is 4.42 Å². The number of furan rings is 1. The van der Waals surface area contributed by atoms with Gasteiger partial charge in [-0.3, -0.25) is 4.79 Å². The van der Waals surface area contributed by atoms with Gasteiger partial charge < -0.3 is 14.6 Å². The van der Waals surface area contributed by atoms with Crippen LogP contribution in [0.3, 0.4) is 0 Å². The van der Waals surface area contributed by atoms with Gasteiger partial charge in [-0.1, -0.05) is 0 Å². The molecule has 2 aromatic heterocycles. The Hall–Kier alpha value is -1.53. The third-order valence-corrected chi connectivity index (χ3v) is 4.65. The number of nitrogens with zero attached hydrogens (tertiary/aromatic N) is 2. The zero-order valence-electron chi connectivity index (χ0n) is 11.6. The summed E-state index contributed by atoms with van der Waals surface area (Å²) in [4.78, 5) is 19.0. The summed E-state index contributed by atoms with van der Waals surface area (Å²) in [7, 11) is 0. The van der Waals surface area contributed by atoms with Crippen LogP contribution in [0.5, 0.6) is 0 Å². The van der Waals surface area contributed by atoms with Crippen LogP contribution in [-0.4, -0.2) is 41.5 Å². The Kier molecular flexibility index (Phi) is 3.15. The van der Waals surface area contributed by atoms with Gasteiger partial charge in [-0.15, -0.1) is 12.6 Å². The van der Waals surface area contributed by atoms with Crippen molar-refractivity contribution in [1.82, 2.24) is 15.2 Å². The lowest BCUT2D eigenvalue weighted by molar-refractivity contribution is 0.0904. The van der Waals surface area contributed by atoms with E-state index in [1.165, 1.54) is 19.5 Å². The molecule has 3 atom stereocenters. The standard InChI is InChI=1S/C15H17N3O2S/c19-15(17-11-3-9-1-2-18(7-9)8-11)12-4-10-5-14(21)20-13(10)6-16-12/h4-6,9,11,21H,1-3,7-8H2,(H,17,19). The lowest BCUT2D eigenvalue weighted by atomic mass is 9.97. The van der Waals surface area contributed by atoms with Crippen molar-refractivity contribution in [2.75, 3.05) is 19.6 Å². The normalized spacial score (nSPS) is 28.0. The lowest BCUT2D eigenvalue weighted by Gasteiger charge is -2.30. The highest BCUT2D eigenvalue weighted by Gasteiger charge is 2.33. The predicted octanol–water partition coefficient (Wildman–Crippen LogP) is 1.94. The Morgan fingerprint density at radius 3 is 3.19 bits per heavy atom. The molecule has 5 nitrogen and oxygen atoms in total. The molecule has 1 N–H and O–H groups in total. The summed E-state index contributed by atoms with van der Waals surface area (Å²) in [5.74, 6) is 0.631. The average Bonchev–Trinajstić information content (AvgIpc) is 2.99. The number of rotatable bonds is 2. The second-order valence-corrected chi connectivity index (χ2v) is 6.45. The minimum Gasteiger partial charge on any atom is -0.449 e. The molecular formula is C15H17N3O2S. The van der Waals surface area contributed by atoms with Gasteiger partial charge in [-0.25, -0.2) is 4.98 Å². The Morgan fingerprint density at radius 2 is 2.33 bits per heavy atom. The van der Waals surface area contributed by atoms with Crippen LogP contribution in [0.4, 0.5) is 0 Å². The molecular weight excluding hydrogens is 286 g/mol. The van der Waals surface area contributed by atoms with Crippen LogP contribution in [-0.2, 0) is 0 Å². The van der Waals surface area contributed by atoms with E-state index < -0.39 is 0 Å². The Morgan fingerprint density at radius 1 is 1.43 bits per heavy atom. The number of piperidine rings is 1. The maximum absolute atomic E-state index is 12.4. The van der Waals surface area contributed by atoms with Crippen LogP contribution in [0.2, 0.25) is 0 Å². The monoisotopic (exact) mass is 303 g/mol. The number of amides is 1. The number of hydrogen-bond donors (Lipinski definition) is 2. The van der Waals surface area contributed by atoms with Crippen LogP contribution >= 0.6 is 12.6 Å². The predicted molar refractivity (Wildman–Crippen MR) is 81.7 cm³/mol. The van der Waals surface area contributed by atoms with Crippen molar-refractivity contribution in [3.63, 3.8) is 0 Å². The van der Waals surface area contributed by atoms with Gasteiger partial charge in [0.15, 0.2) is 10.7 Å². The summed E-state index contributed by atoms with van der Waals surface area (Å²) in [6, 6.07) is 3.79. The van der Waals surface area contributed by atoms with Gasteiger partial charge in [0.2, 0.25) is 0 Å². The molecule has 4 rings (SSSR count). The summed E-state index contributed by atoms with van der Waals surface area (Å²) in [5, 5.41) is 4.50. The minimum atomic E-state index is -0.105. The van der Waals surface area contributed by atoms with E-state index >= 15 is 0 Å². The van der Waals surface area contributed by atoms with Crippen LogP contribution in [0.15, 0.2) is 27.8 Å². The van der Waals surface area contributed by atoms with E-state index in [1.807, 2.05) is 0 Å². The summed E-state index contributed by atoms with van der Waals surface area (Å²) in [5.41, 5.74) is 1.09. The van der Waals surface area contributed by atoms with Crippen molar-refractivity contribution in [2.24, 2.45) is 5.92 Å². The molecule has 0 spiro atoms. The Labute approximate surface area is 128 Å². The molecule has 0 aliphatic carbocycles. The van der Waals surface area contributed by atoms with Crippen molar-refractivity contribution in [2.45, 2.75) is 24.0 Å². The topological polar surface area (TPSA) is 58.4 Å². The molecule has 110 valence electrons. The summed E-state index contributed by atoms with van der Waals surface area (Å²) >= 11 is 4.16. The number of hydrogen-bond acceptors (Lipinski definition) is 5. The molecule has 2 aromatic rings. The molecule has 0 aromatic carbocycles. The van der Waals surface area contributed by atoms with E-state index in [0.717, 1.165) is 24.3 Å². The molecule has 2 fully saturated rings. The number of pyridine rings is 1. The number of carbonyl (C=O) groups excluding carboxylic acids is 1. The van der Waals surface area contributed by atoms with E-state index in [9.17, 15) is 4.79 Å². The van der Waals surface area contributed by atoms with Gasteiger partial charge in [0.05, 0.1) is 6.20 Å². The third-order valence-electron chi connectivity index (χ3n) is 4.43. The number of fused-ring (bicyclic) bond motifs is 3. The number of thiol groups is 1. The first-order chi connectivity index (χ1) is 10.2. The van der Waals surface area contributed by atoms with Crippen LogP contribution < -0.4 is 5.32 Å². The van der Waals surface area contributed by atoms with Crippen LogP contribution in [0.1, 0.15) is 23.3 Å². The maximum Gasteiger partial charge on any atom is 0.270 e. The molecule has 0 saturated carbocycles. The van der Waals surface area contributed by atoms with Gasteiger partial charge in [-0.2, -0.15) is 0 Å². The molecule has 1 amide bonds. The highest BCUT2D eigenvalue weighted by atomic mass is 32.1. The van der Waals surface area contributed by atoms with E-state index in [1.54, 1.807) is 18.3 Å². The fraction of sp³-hybridized carbons (Fsp3) is 0.467. The van der Waals surface area contributed by atoms with Gasteiger partial charge >= 0.3 is 0 Å². The second-order valence-electron chi connectivity index (χ2n) is 6.01. The summed E-state index contributed by atoms with van der Waals surface area (Å²) in [6.45, 7) is 3.31. The Bertz CT molecular complexity index is 687. The van der Waals surface area contributed by atoms with Crippen molar-refractivity contribution in [3.05, 3.63) is 24.0 Å². The number of carbonyl (C=O) groups is 1. The summed E-state index contributed by atoms with van der Waals surface area (Å²) < 4.78 is 5.35.